The third-order valence-electron chi connectivity index (χ3n) is 1.84. The Labute approximate surface area is 178 Å². The summed E-state index contributed by atoms with van der Waals surface area (Å²) < 4.78 is 3.10. The van der Waals surface area contributed by atoms with Crippen LogP contribution < -0.4 is 69.3 Å². The van der Waals surface area contributed by atoms with Crippen LogP contribution in [0.1, 0.15) is 0 Å². The van der Waals surface area contributed by atoms with Crippen LogP contribution in [-0.2, 0) is 22.7 Å². The normalized spacial score (nSPS) is 8.73. The number of carboxylic acid groups (broad SMARTS) is 2. The second-order valence-corrected chi connectivity index (χ2v) is 4.10. The Balaban J connectivity index is 0. The first kappa shape index (κ1) is 23.9. The van der Waals surface area contributed by atoms with Crippen LogP contribution in [0.15, 0.2) is 12.7 Å². The predicted molar refractivity (Wildman–Crippen MR) is 64.8 cm³/mol. The average molecular weight is 362 g/mol. The van der Waals surface area contributed by atoms with E-state index >= 15 is 0 Å². The van der Waals surface area contributed by atoms with Crippen LogP contribution in [0, 0.1) is 9.54 Å². The minimum absolute atomic E-state index is 0. The van der Waals surface area contributed by atoms with E-state index in [1.165, 1.54) is 21.8 Å². The molecule has 2 N–H and O–H groups in total. The van der Waals surface area contributed by atoms with Gasteiger partial charge in [-0.3, -0.25) is 10.2 Å². The molecule has 0 aliphatic heterocycles. The molecule has 2 rings (SSSR count). The summed E-state index contributed by atoms with van der Waals surface area (Å²) in [5, 5.41) is 31.9. The molecular formula is C8H8N6Na2O4S2. The fraction of sp³-hybridized carbons (Fsp3) is 0.250. The first-order chi connectivity index (χ1) is 9.40. The third-order valence-corrected chi connectivity index (χ3v) is 2.49. The molecule has 10 nitrogen and oxygen atoms in total. The quantitative estimate of drug-likeness (QED) is 0.402. The van der Waals surface area contributed by atoms with Gasteiger partial charge >= 0.3 is 59.1 Å². The van der Waals surface area contributed by atoms with Crippen LogP contribution in [0.4, 0.5) is 0 Å². The van der Waals surface area contributed by atoms with Gasteiger partial charge in [0, 0.05) is 0 Å². The van der Waals surface area contributed by atoms with E-state index in [-0.39, 0.29) is 81.7 Å². The number of nitrogens with one attached hydrogen (secondary N) is 2. The number of rotatable bonds is 4. The number of nitrogens with zero attached hydrogens (tertiary/aromatic N) is 4. The Morgan fingerprint density at radius 1 is 0.955 bits per heavy atom. The summed E-state index contributed by atoms with van der Waals surface area (Å²) in [6.07, 6.45) is 2.61. The smallest absolute Gasteiger partial charge is 0.548 e. The standard InChI is InChI=1S/2C4H5N3O2S.2Na/c2*8-3(9)1-7-2-5-6-4(7)10;;/h2*2H,1H2,(H,6,10)(H,8,9);;/q;;2*+1/p-2. The van der Waals surface area contributed by atoms with Crippen LogP contribution in [0.2, 0.25) is 0 Å². The molecule has 0 fully saturated rings. The van der Waals surface area contributed by atoms with Gasteiger partial charge in [0.05, 0.1) is 25.0 Å². The van der Waals surface area contributed by atoms with Gasteiger partial charge in [-0.15, -0.1) is 0 Å². The monoisotopic (exact) mass is 362 g/mol. The summed E-state index contributed by atoms with van der Waals surface area (Å²) in [7, 11) is 0. The molecule has 14 heteroatoms. The minimum atomic E-state index is -1.18. The zero-order chi connectivity index (χ0) is 15.1. The summed E-state index contributed by atoms with van der Waals surface area (Å²) in [5.41, 5.74) is 0. The van der Waals surface area contributed by atoms with Crippen molar-refractivity contribution in [3.05, 3.63) is 22.2 Å². The number of hydrogen-bond acceptors (Lipinski definition) is 8. The number of carbonyl (C=O) groups is 2. The molecule has 0 bridgehead atoms. The average Bonchev–Trinajstić information content (AvgIpc) is 2.90. The molecule has 0 aliphatic rings. The van der Waals surface area contributed by atoms with Gasteiger partial charge in [-0.1, -0.05) is 0 Å². The first-order valence-corrected chi connectivity index (χ1v) is 5.81. The van der Waals surface area contributed by atoms with Crippen molar-refractivity contribution in [2.75, 3.05) is 0 Å². The summed E-state index contributed by atoms with van der Waals surface area (Å²) in [6.45, 7) is -0.509. The zero-order valence-corrected chi connectivity index (χ0v) is 17.4. The van der Waals surface area contributed by atoms with E-state index in [9.17, 15) is 19.8 Å². The largest absolute Gasteiger partial charge is 1.00 e. The van der Waals surface area contributed by atoms with Gasteiger partial charge in [0.15, 0.2) is 9.54 Å². The van der Waals surface area contributed by atoms with Crippen molar-refractivity contribution in [2.24, 2.45) is 0 Å². The van der Waals surface area contributed by atoms with Crippen molar-refractivity contribution in [1.29, 1.82) is 0 Å². The van der Waals surface area contributed by atoms with Crippen LogP contribution in [0.25, 0.3) is 0 Å². The number of aliphatic carboxylic acids is 2. The Morgan fingerprint density at radius 2 is 1.27 bits per heavy atom. The van der Waals surface area contributed by atoms with Crippen LogP contribution in [0.5, 0.6) is 0 Å². The number of carboxylic acids is 2. The van der Waals surface area contributed by atoms with Crippen molar-refractivity contribution in [1.82, 2.24) is 29.5 Å². The van der Waals surface area contributed by atoms with E-state index in [0.29, 0.717) is 0 Å². The molecule has 0 saturated heterocycles. The number of aromatic nitrogens is 6. The summed E-state index contributed by atoms with van der Waals surface area (Å²) in [6, 6.07) is 0. The van der Waals surface area contributed by atoms with Gasteiger partial charge in [-0.25, -0.2) is 0 Å². The number of aromatic amines is 2. The molecule has 0 amide bonds. The third kappa shape index (κ3) is 8.95. The molecule has 2 aromatic rings. The fourth-order valence-corrected chi connectivity index (χ4v) is 1.37. The molecular weight excluding hydrogens is 354 g/mol. The van der Waals surface area contributed by atoms with E-state index in [0.717, 1.165) is 0 Å². The maximum atomic E-state index is 10.00. The number of hydrogen-bond donors (Lipinski definition) is 2. The molecule has 0 unspecified atom stereocenters. The van der Waals surface area contributed by atoms with Crippen LogP contribution in [-0.4, -0.2) is 41.5 Å². The van der Waals surface area contributed by atoms with Gasteiger partial charge in [0.2, 0.25) is 0 Å². The van der Waals surface area contributed by atoms with Crippen molar-refractivity contribution in [3.63, 3.8) is 0 Å². The second-order valence-electron chi connectivity index (χ2n) is 3.32. The topological polar surface area (TPSA) is 147 Å². The van der Waals surface area contributed by atoms with E-state index in [1.54, 1.807) is 0 Å². The van der Waals surface area contributed by atoms with Gasteiger partial charge in [-0.2, -0.15) is 10.2 Å². The molecule has 22 heavy (non-hydrogen) atoms. The Kier molecular flexibility index (Phi) is 13.2. The molecule has 0 saturated carbocycles. The van der Waals surface area contributed by atoms with E-state index < -0.39 is 11.9 Å². The Hall–Kier alpha value is -0.340. The van der Waals surface area contributed by atoms with E-state index in [1.807, 2.05) is 0 Å². The molecule has 0 radical (unpaired) electrons. The molecule has 108 valence electrons. The maximum Gasteiger partial charge on any atom is 1.00 e. The van der Waals surface area contributed by atoms with Crippen molar-refractivity contribution >= 4 is 36.4 Å². The van der Waals surface area contributed by atoms with Gasteiger partial charge in [-0.05, 0) is 24.4 Å². The van der Waals surface area contributed by atoms with Crippen molar-refractivity contribution < 1.29 is 78.9 Å². The Bertz CT molecular complexity index is 647. The molecule has 0 aliphatic carbocycles. The predicted octanol–water partition coefficient (Wildman–Crippen LogP) is -8.61. The molecule has 2 heterocycles. The first-order valence-electron chi connectivity index (χ1n) is 4.99. The molecule has 0 atom stereocenters. The van der Waals surface area contributed by atoms with Crippen LogP contribution >= 0.6 is 24.4 Å². The molecule has 0 spiro atoms. The number of H-pyrrole nitrogens is 2. The summed E-state index contributed by atoms with van der Waals surface area (Å²) in [5.74, 6) is -2.37. The van der Waals surface area contributed by atoms with E-state index in [4.69, 9.17) is 0 Å². The van der Waals surface area contributed by atoms with Crippen molar-refractivity contribution in [3.8, 4) is 0 Å². The summed E-state index contributed by atoms with van der Waals surface area (Å²) >= 11 is 9.32. The maximum absolute atomic E-state index is 10.00. The number of carbonyl (C=O) groups excluding carboxylic acids is 2. The van der Waals surface area contributed by atoms with Gasteiger partial charge in [0.25, 0.3) is 0 Å². The van der Waals surface area contributed by atoms with Crippen molar-refractivity contribution in [2.45, 2.75) is 13.1 Å². The molecule has 0 aromatic carbocycles. The van der Waals surface area contributed by atoms with Gasteiger partial charge in [0.1, 0.15) is 12.7 Å². The summed E-state index contributed by atoms with van der Waals surface area (Å²) in [4.78, 5) is 20.0. The van der Waals surface area contributed by atoms with E-state index in [2.05, 4.69) is 44.8 Å². The second kappa shape index (κ2) is 12.1. The van der Waals surface area contributed by atoms with Gasteiger partial charge < -0.3 is 28.9 Å². The Morgan fingerprint density at radius 3 is 1.45 bits per heavy atom. The zero-order valence-electron chi connectivity index (χ0n) is 11.8. The fourth-order valence-electron chi connectivity index (χ4n) is 1.04. The van der Waals surface area contributed by atoms with Crippen LogP contribution in [0.3, 0.4) is 0 Å². The minimum Gasteiger partial charge on any atom is -0.548 e. The SMILES string of the molecule is O=C([O-])Cn1cn[nH]c1=S.O=C([O-])Cn1cn[nH]c1=S.[Na+].[Na+]. The molecule has 2 aromatic heterocycles.